The van der Waals surface area contributed by atoms with Gasteiger partial charge >= 0.3 is 17.9 Å². The second-order valence-electron chi connectivity index (χ2n) is 18.5. The van der Waals surface area contributed by atoms with E-state index in [-0.39, 0.29) is 31.1 Å². The average Bonchev–Trinajstić information content (AvgIpc) is 3.35. The summed E-state index contributed by atoms with van der Waals surface area (Å²) in [4.78, 5) is 38.1. The molecule has 0 amide bonds. The van der Waals surface area contributed by atoms with Crippen LogP contribution in [0.4, 0.5) is 0 Å². The second-order valence-corrected chi connectivity index (χ2v) is 18.5. The van der Waals surface area contributed by atoms with Crippen LogP contribution in [0.2, 0.25) is 0 Å². The summed E-state index contributed by atoms with van der Waals surface area (Å²) in [6.45, 7) is 6.43. The number of rotatable bonds is 50. The summed E-state index contributed by atoms with van der Waals surface area (Å²) in [5.41, 5.74) is 0. The predicted octanol–water partition coefficient (Wildman–Crippen LogP) is 19.1. The monoisotopic (exact) mass is 957 g/mol. The topological polar surface area (TPSA) is 78.9 Å². The molecule has 0 radical (unpaired) electrons. The standard InChI is InChI=1S/C63H104O6/c1-4-7-10-13-16-19-22-25-28-30-31-33-35-38-41-44-47-50-53-56-62(65)68-59-60(58-67-61(64)55-52-49-46-43-40-37-34-27-24-21-18-15-12-9-6-3)69-63(66)57-54-51-48-45-42-39-36-32-29-26-23-20-17-14-11-8-5-2/h7,10,16-17,19-21,24-26,28-29,31,33,36,38-39,41,60H,4-6,8-9,11-15,18,22-23,27,30,32,34-35,37,40,42-59H2,1-3H3/b10-7-,19-16-,20-17-,24-21-,28-25-,29-26-,33-31-,39-36-,41-38-/t60-/m0/s1. The summed E-state index contributed by atoms with van der Waals surface area (Å²) in [6.07, 6.45) is 76.4. The van der Waals surface area contributed by atoms with Crippen molar-refractivity contribution in [3.8, 4) is 0 Å². The number of hydrogen-bond acceptors (Lipinski definition) is 6. The lowest BCUT2D eigenvalue weighted by atomic mass is 10.1. The summed E-state index contributed by atoms with van der Waals surface area (Å²) < 4.78 is 16.8. The third-order valence-corrected chi connectivity index (χ3v) is 11.7. The number of carbonyl (C=O) groups excluding carboxylic acids is 3. The molecular weight excluding hydrogens is 853 g/mol. The Morgan fingerprint density at radius 2 is 0.565 bits per heavy atom. The molecule has 6 nitrogen and oxygen atoms in total. The third kappa shape index (κ3) is 54.9. The van der Waals surface area contributed by atoms with Gasteiger partial charge in [0.1, 0.15) is 13.2 Å². The molecule has 0 bridgehead atoms. The lowest BCUT2D eigenvalue weighted by molar-refractivity contribution is -0.167. The third-order valence-electron chi connectivity index (χ3n) is 11.7. The van der Waals surface area contributed by atoms with Gasteiger partial charge in [-0.3, -0.25) is 14.4 Å². The van der Waals surface area contributed by atoms with Gasteiger partial charge in [-0.25, -0.2) is 0 Å². The molecule has 0 aliphatic heterocycles. The molecule has 0 saturated carbocycles. The van der Waals surface area contributed by atoms with E-state index >= 15 is 0 Å². The van der Waals surface area contributed by atoms with Gasteiger partial charge < -0.3 is 14.2 Å². The molecule has 69 heavy (non-hydrogen) atoms. The lowest BCUT2D eigenvalue weighted by Gasteiger charge is -2.18. The first-order valence-electron chi connectivity index (χ1n) is 28.4. The highest BCUT2D eigenvalue weighted by Gasteiger charge is 2.19. The molecule has 0 unspecified atom stereocenters. The highest BCUT2D eigenvalue weighted by Crippen LogP contribution is 2.13. The van der Waals surface area contributed by atoms with Gasteiger partial charge in [-0.15, -0.1) is 0 Å². The maximum atomic E-state index is 12.8. The van der Waals surface area contributed by atoms with E-state index in [0.29, 0.717) is 19.3 Å². The molecule has 0 N–H and O–H groups in total. The molecule has 0 aromatic heterocycles. The van der Waals surface area contributed by atoms with Crippen molar-refractivity contribution in [1.82, 2.24) is 0 Å². The minimum Gasteiger partial charge on any atom is -0.462 e. The first-order valence-corrected chi connectivity index (χ1v) is 28.4. The molecule has 0 aliphatic carbocycles. The molecule has 0 fully saturated rings. The number of hydrogen-bond donors (Lipinski definition) is 0. The van der Waals surface area contributed by atoms with Gasteiger partial charge in [-0.2, -0.15) is 0 Å². The van der Waals surface area contributed by atoms with Gasteiger partial charge in [0.05, 0.1) is 0 Å². The van der Waals surface area contributed by atoms with Crippen LogP contribution in [0, 0.1) is 0 Å². The zero-order chi connectivity index (χ0) is 50.0. The van der Waals surface area contributed by atoms with Crippen molar-refractivity contribution in [2.45, 2.75) is 258 Å². The highest BCUT2D eigenvalue weighted by atomic mass is 16.6. The fraction of sp³-hybridized carbons (Fsp3) is 0.667. The van der Waals surface area contributed by atoms with Gasteiger partial charge in [0, 0.05) is 19.3 Å². The van der Waals surface area contributed by atoms with Crippen molar-refractivity contribution in [3.63, 3.8) is 0 Å². The summed E-state index contributed by atoms with van der Waals surface area (Å²) in [5, 5.41) is 0. The van der Waals surface area contributed by atoms with Crippen LogP contribution in [0.5, 0.6) is 0 Å². The first kappa shape index (κ1) is 65.1. The van der Waals surface area contributed by atoms with Gasteiger partial charge in [0.15, 0.2) is 6.10 Å². The SMILES string of the molecule is CC/C=C\C/C=C\C/C=C\C/C=C\C/C=C\CCCCCC(=O)OC[C@H](COC(=O)CCCCCCCCC/C=C\CCCCCC)OC(=O)CCCCCC/C=C\C/C=C\C/C=C\CCCCC. The van der Waals surface area contributed by atoms with E-state index in [1.165, 1.54) is 89.9 Å². The van der Waals surface area contributed by atoms with E-state index in [4.69, 9.17) is 14.2 Å². The second kappa shape index (κ2) is 56.7. The van der Waals surface area contributed by atoms with Crippen LogP contribution in [0.25, 0.3) is 0 Å². The fourth-order valence-electron chi connectivity index (χ4n) is 7.47. The largest absolute Gasteiger partial charge is 0.462 e. The van der Waals surface area contributed by atoms with Crippen LogP contribution in [0.1, 0.15) is 252 Å². The van der Waals surface area contributed by atoms with Crippen LogP contribution in [-0.2, 0) is 28.6 Å². The van der Waals surface area contributed by atoms with Crippen molar-refractivity contribution < 1.29 is 28.6 Å². The number of ether oxygens (including phenoxy) is 3. The van der Waals surface area contributed by atoms with Gasteiger partial charge in [0.2, 0.25) is 0 Å². The normalized spacial score (nSPS) is 12.9. The zero-order valence-corrected chi connectivity index (χ0v) is 44.8. The molecule has 0 spiro atoms. The first-order chi connectivity index (χ1) is 34.0. The Labute approximate surface area is 425 Å². The Balaban J connectivity index is 4.51. The van der Waals surface area contributed by atoms with E-state index in [2.05, 4.69) is 130 Å². The van der Waals surface area contributed by atoms with E-state index in [0.717, 1.165) is 122 Å². The van der Waals surface area contributed by atoms with E-state index < -0.39 is 6.10 Å². The summed E-state index contributed by atoms with van der Waals surface area (Å²) in [6, 6.07) is 0. The minimum absolute atomic E-state index is 0.102. The van der Waals surface area contributed by atoms with Crippen molar-refractivity contribution in [2.75, 3.05) is 13.2 Å². The molecule has 0 rings (SSSR count). The Kier molecular flexibility index (Phi) is 53.4. The van der Waals surface area contributed by atoms with E-state index in [1.807, 2.05) is 0 Å². The smallest absolute Gasteiger partial charge is 0.306 e. The van der Waals surface area contributed by atoms with E-state index in [9.17, 15) is 14.4 Å². The molecule has 0 heterocycles. The molecule has 392 valence electrons. The van der Waals surface area contributed by atoms with Crippen LogP contribution < -0.4 is 0 Å². The predicted molar refractivity (Wildman–Crippen MR) is 297 cm³/mol. The molecule has 0 saturated heterocycles. The van der Waals surface area contributed by atoms with Crippen molar-refractivity contribution in [1.29, 1.82) is 0 Å². The van der Waals surface area contributed by atoms with Crippen LogP contribution in [0.3, 0.4) is 0 Å². The maximum Gasteiger partial charge on any atom is 0.306 e. The number of allylic oxidation sites excluding steroid dienone is 18. The van der Waals surface area contributed by atoms with Crippen molar-refractivity contribution >= 4 is 17.9 Å². The molecule has 6 heteroatoms. The molecule has 0 aliphatic rings. The average molecular weight is 958 g/mol. The van der Waals surface area contributed by atoms with Crippen LogP contribution >= 0.6 is 0 Å². The van der Waals surface area contributed by atoms with Crippen molar-refractivity contribution in [2.24, 2.45) is 0 Å². The number of unbranched alkanes of at least 4 members (excludes halogenated alkanes) is 21. The number of carbonyl (C=O) groups is 3. The van der Waals surface area contributed by atoms with Gasteiger partial charge in [0.25, 0.3) is 0 Å². The fourth-order valence-corrected chi connectivity index (χ4v) is 7.47. The molecular formula is C63H104O6. The lowest BCUT2D eigenvalue weighted by Crippen LogP contribution is -2.30. The maximum absolute atomic E-state index is 12.8. The summed E-state index contributed by atoms with van der Waals surface area (Å²) in [5.74, 6) is -0.961. The Bertz CT molecular complexity index is 1420. The molecule has 0 aromatic carbocycles. The van der Waals surface area contributed by atoms with Crippen LogP contribution in [-0.4, -0.2) is 37.2 Å². The Hall–Kier alpha value is -3.93. The number of esters is 3. The van der Waals surface area contributed by atoms with E-state index in [1.54, 1.807) is 0 Å². The summed E-state index contributed by atoms with van der Waals surface area (Å²) >= 11 is 0. The molecule has 0 aromatic rings. The van der Waals surface area contributed by atoms with Crippen molar-refractivity contribution in [3.05, 3.63) is 109 Å². The Morgan fingerprint density at radius 3 is 0.942 bits per heavy atom. The van der Waals surface area contributed by atoms with Gasteiger partial charge in [-0.05, 0) is 128 Å². The molecule has 1 atom stereocenters. The van der Waals surface area contributed by atoms with Crippen LogP contribution in [0.15, 0.2) is 109 Å². The summed E-state index contributed by atoms with van der Waals surface area (Å²) in [7, 11) is 0. The minimum atomic E-state index is -0.808. The highest BCUT2D eigenvalue weighted by molar-refractivity contribution is 5.71. The quantitative estimate of drug-likeness (QED) is 0.0262. The zero-order valence-electron chi connectivity index (χ0n) is 44.8. The Morgan fingerprint density at radius 1 is 0.304 bits per heavy atom. The van der Waals surface area contributed by atoms with Gasteiger partial charge in [-0.1, -0.05) is 214 Å².